The average Bonchev–Trinajstić information content (AvgIpc) is 2.97. The monoisotopic (exact) mass is 338 g/mol. The van der Waals surface area contributed by atoms with Crippen LogP contribution in [0.2, 0.25) is 0 Å². The molecule has 1 fully saturated rings. The van der Waals surface area contributed by atoms with Gasteiger partial charge >= 0.3 is 0 Å². The molecule has 1 atom stereocenters. The number of carbonyl (C=O) groups excluding carboxylic acids is 1. The van der Waals surface area contributed by atoms with E-state index in [1.807, 2.05) is 25.1 Å². The van der Waals surface area contributed by atoms with E-state index >= 15 is 0 Å². The number of aryl methyl sites for hydroxylation is 1. The number of Topliss-reactive ketones (excluding diaryl/α,β-unsaturated/α-hetero) is 1. The van der Waals surface area contributed by atoms with Crippen molar-refractivity contribution in [2.75, 3.05) is 11.5 Å². The number of aromatic nitrogens is 2. The number of nitrogens with zero attached hydrogens (tertiary/aromatic N) is 2. The molecule has 19 heavy (non-hydrogen) atoms. The van der Waals surface area contributed by atoms with Gasteiger partial charge in [-0.3, -0.25) is 4.79 Å². The minimum Gasteiger partial charge on any atom is -0.338 e. The van der Waals surface area contributed by atoms with Crippen molar-refractivity contribution in [2.45, 2.75) is 12.8 Å². The highest BCUT2D eigenvalue weighted by molar-refractivity contribution is 9.10. The molecule has 2 heterocycles. The SMILES string of the molecule is Cc1cc(Br)ccc1-c1noc(C2CSCC2=O)n1. The fourth-order valence-electron chi connectivity index (χ4n) is 2.04. The van der Waals surface area contributed by atoms with Gasteiger partial charge in [0.25, 0.3) is 0 Å². The Bertz CT molecular complexity index is 641. The Morgan fingerprint density at radius 3 is 3.00 bits per heavy atom. The van der Waals surface area contributed by atoms with E-state index in [1.54, 1.807) is 11.8 Å². The van der Waals surface area contributed by atoms with E-state index in [-0.39, 0.29) is 11.7 Å². The van der Waals surface area contributed by atoms with Gasteiger partial charge in [-0.05, 0) is 30.7 Å². The van der Waals surface area contributed by atoms with Crippen LogP contribution in [0.1, 0.15) is 17.4 Å². The van der Waals surface area contributed by atoms with Crippen LogP contribution in [0.4, 0.5) is 0 Å². The Kier molecular flexibility index (Phi) is 3.45. The van der Waals surface area contributed by atoms with E-state index < -0.39 is 0 Å². The first kappa shape index (κ1) is 12.9. The Morgan fingerprint density at radius 1 is 1.47 bits per heavy atom. The zero-order valence-corrected chi connectivity index (χ0v) is 12.6. The summed E-state index contributed by atoms with van der Waals surface area (Å²) >= 11 is 5.04. The second kappa shape index (κ2) is 5.09. The van der Waals surface area contributed by atoms with Crippen molar-refractivity contribution in [1.82, 2.24) is 10.1 Å². The summed E-state index contributed by atoms with van der Waals surface area (Å²) < 4.78 is 6.27. The van der Waals surface area contributed by atoms with E-state index in [0.717, 1.165) is 21.4 Å². The predicted octanol–water partition coefficient (Wildman–Crippen LogP) is 3.21. The minimum absolute atomic E-state index is 0.174. The third-order valence-electron chi connectivity index (χ3n) is 3.09. The molecule has 6 heteroatoms. The highest BCUT2D eigenvalue weighted by Crippen LogP contribution is 2.30. The number of ketones is 1. The number of hydrogen-bond acceptors (Lipinski definition) is 5. The molecule has 1 aromatic heterocycles. The van der Waals surface area contributed by atoms with E-state index in [4.69, 9.17) is 4.52 Å². The van der Waals surface area contributed by atoms with Crippen molar-refractivity contribution in [1.29, 1.82) is 0 Å². The molecule has 1 saturated heterocycles. The van der Waals surface area contributed by atoms with Crippen molar-refractivity contribution in [3.8, 4) is 11.4 Å². The van der Waals surface area contributed by atoms with Gasteiger partial charge in [-0.1, -0.05) is 21.1 Å². The molecule has 1 aliphatic rings. The summed E-state index contributed by atoms with van der Waals surface area (Å²) in [5.74, 6) is 2.20. The van der Waals surface area contributed by atoms with Gasteiger partial charge in [0.2, 0.25) is 11.7 Å². The minimum atomic E-state index is -0.234. The molecule has 0 bridgehead atoms. The van der Waals surface area contributed by atoms with Crippen LogP contribution in [0.3, 0.4) is 0 Å². The number of hydrogen-bond donors (Lipinski definition) is 0. The molecule has 4 nitrogen and oxygen atoms in total. The molecule has 98 valence electrons. The summed E-state index contributed by atoms with van der Waals surface area (Å²) in [4.78, 5) is 16.1. The van der Waals surface area contributed by atoms with E-state index in [2.05, 4.69) is 26.1 Å². The van der Waals surface area contributed by atoms with Gasteiger partial charge < -0.3 is 4.52 Å². The highest BCUT2D eigenvalue weighted by atomic mass is 79.9. The lowest BCUT2D eigenvalue weighted by Gasteiger charge is -2.01. The topological polar surface area (TPSA) is 56.0 Å². The zero-order chi connectivity index (χ0) is 13.4. The van der Waals surface area contributed by atoms with Crippen LogP contribution >= 0.6 is 27.7 Å². The standard InChI is InChI=1S/C13H11BrN2O2S/c1-7-4-8(14)2-3-9(7)12-15-13(18-16-12)10-5-19-6-11(10)17/h2-4,10H,5-6H2,1H3. The molecule has 1 aliphatic heterocycles. The smallest absolute Gasteiger partial charge is 0.238 e. The number of halogens is 1. The first-order chi connectivity index (χ1) is 9.15. The maximum Gasteiger partial charge on any atom is 0.238 e. The van der Waals surface area contributed by atoms with Crippen LogP contribution in [-0.2, 0) is 4.79 Å². The van der Waals surface area contributed by atoms with E-state index in [0.29, 0.717) is 17.5 Å². The van der Waals surface area contributed by atoms with Crippen molar-refractivity contribution < 1.29 is 9.32 Å². The molecule has 0 spiro atoms. The van der Waals surface area contributed by atoms with Crippen LogP contribution in [0, 0.1) is 6.92 Å². The number of thioether (sulfide) groups is 1. The van der Waals surface area contributed by atoms with E-state index in [1.165, 1.54) is 0 Å². The Balaban J connectivity index is 1.94. The van der Waals surface area contributed by atoms with Crippen LogP contribution < -0.4 is 0 Å². The molecular weight excluding hydrogens is 328 g/mol. The lowest BCUT2D eigenvalue weighted by Crippen LogP contribution is -2.09. The maximum atomic E-state index is 11.7. The molecule has 0 saturated carbocycles. The summed E-state index contributed by atoms with van der Waals surface area (Å²) in [6, 6.07) is 5.89. The van der Waals surface area contributed by atoms with Gasteiger partial charge in [0.15, 0.2) is 5.78 Å². The normalized spacial score (nSPS) is 19.1. The van der Waals surface area contributed by atoms with Crippen molar-refractivity contribution in [2.24, 2.45) is 0 Å². The van der Waals surface area contributed by atoms with Gasteiger partial charge in [-0.25, -0.2) is 0 Å². The fourth-order valence-corrected chi connectivity index (χ4v) is 3.60. The van der Waals surface area contributed by atoms with Gasteiger partial charge in [-0.15, -0.1) is 0 Å². The molecule has 1 aromatic carbocycles. The largest absolute Gasteiger partial charge is 0.338 e. The summed E-state index contributed by atoms with van der Waals surface area (Å²) in [7, 11) is 0. The summed E-state index contributed by atoms with van der Waals surface area (Å²) in [6.45, 7) is 1.99. The Morgan fingerprint density at radius 2 is 2.32 bits per heavy atom. The maximum absolute atomic E-state index is 11.7. The van der Waals surface area contributed by atoms with Crippen LogP contribution in [-0.4, -0.2) is 27.4 Å². The van der Waals surface area contributed by atoms with Crippen LogP contribution in [0.5, 0.6) is 0 Å². The van der Waals surface area contributed by atoms with E-state index in [9.17, 15) is 4.79 Å². The lowest BCUT2D eigenvalue weighted by molar-refractivity contribution is -0.117. The van der Waals surface area contributed by atoms with Gasteiger partial charge in [-0.2, -0.15) is 16.7 Å². The van der Waals surface area contributed by atoms with Crippen molar-refractivity contribution in [3.63, 3.8) is 0 Å². The lowest BCUT2D eigenvalue weighted by atomic mass is 10.1. The van der Waals surface area contributed by atoms with Crippen molar-refractivity contribution >= 4 is 33.5 Å². The second-order valence-corrected chi connectivity index (χ2v) is 6.40. The number of benzene rings is 1. The molecule has 0 amide bonds. The zero-order valence-electron chi connectivity index (χ0n) is 10.2. The first-order valence-corrected chi connectivity index (χ1v) is 7.80. The first-order valence-electron chi connectivity index (χ1n) is 5.86. The Labute approximate surface area is 123 Å². The summed E-state index contributed by atoms with van der Waals surface area (Å²) in [6.07, 6.45) is 0. The van der Waals surface area contributed by atoms with Crippen LogP contribution in [0.25, 0.3) is 11.4 Å². The van der Waals surface area contributed by atoms with Gasteiger partial charge in [0.05, 0.1) is 5.75 Å². The number of carbonyl (C=O) groups is 1. The number of rotatable bonds is 2. The third kappa shape index (κ3) is 2.47. The molecule has 1 unspecified atom stereocenters. The molecule has 0 radical (unpaired) electrons. The third-order valence-corrected chi connectivity index (χ3v) is 4.64. The van der Waals surface area contributed by atoms with Gasteiger partial charge in [0, 0.05) is 15.8 Å². The predicted molar refractivity (Wildman–Crippen MR) is 77.2 cm³/mol. The Hall–Kier alpha value is -1.14. The molecule has 0 N–H and O–H groups in total. The second-order valence-electron chi connectivity index (χ2n) is 4.45. The highest BCUT2D eigenvalue weighted by Gasteiger charge is 2.31. The molecule has 0 aliphatic carbocycles. The summed E-state index contributed by atoms with van der Waals surface area (Å²) in [5, 5.41) is 3.99. The molecule has 2 aromatic rings. The van der Waals surface area contributed by atoms with Crippen molar-refractivity contribution in [3.05, 3.63) is 34.1 Å². The summed E-state index contributed by atoms with van der Waals surface area (Å²) in [5.41, 5.74) is 1.99. The quantitative estimate of drug-likeness (QED) is 0.841. The van der Waals surface area contributed by atoms with Gasteiger partial charge in [0.1, 0.15) is 5.92 Å². The molecular formula is C13H11BrN2O2S. The fraction of sp³-hybridized carbons (Fsp3) is 0.308. The average molecular weight is 339 g/mol. The molecule has 3 rings (SSSR count). The van der Waals surface area contributed by atoms with Crippen LogP contribution in [0.15, 0.2) is 27.2 Å².